The maximum absolute atomic E-state index is 13.0. The fraction of sp³-hybridized carbons (Fsp3) is 0.829. The Kier molecular flexibility index (Phi) is 10.6. The Morgan fingerprint density at radius 3 is 2.23 bits per heavy atom. The van der Waals surface area contributed by atoms with Crippen molar-refractivity contribution in [3.05, 3.63) is 29.3 Å². The fourth-order valence-electron chi connectivity index (χ4n) is 9.75. The van der Waals surface area contributed by atoms with Gasteiger partial charge in [-0.2, -0.15) is 33.7 Å². The molecule has 1 aromatic rings. The summed E-state index contributed by atoms with van der Waals surface area (Å²) in [5.74, 6) is -1.39. The Balaban J connectivity index is 1.08. The second kappa shape index (κ2) is 13.6. The number of alkyl halides is 5. The molecule has 9 heteroatoms. The van der Waals surface area contributed by atoms with Crippen LogP contribution >= 0.6 is 11.8 Å². The number of ether oxygens (including phenoxy) is 1. The number of fused-ring (bicyclic) bond motifs is 6. The molecule has 0 aromatic heterocycles. The van der Waals surface area contributed by atoms with Gasteiger partial charge in [-0.3, -0.25) is 0 Å². The molecule has 0 radical (unpaired) electrons. The summed E-state index contributed by atoms with van der Waals surface area (Å²) in [6.45, 7) is 2.47. The number of hydrogen-bond acceptors (Lipinski definition) is 4. The smallest absolute Gasteiger partial charge is 0.453 e. The van der Waals surface area contributed by atoms with E-state index in [0.717, 1.165) is 94.8 Å². The van der Waals surface area contributed by atoms with Crippen LogP contribution in [0.5, 0.6) is 5.75 Å². The highest BCUT2D eigenvalue weighted by molar-refractivity contribution is 7.99. The normalized spacial score (nSPS) is 32.4. The maximum atomic E-state index is 13.0. The summed E-state index contributed by atoms with van der Waals surface area (Å²) < 4.78 is 68.9. The van der Waals surface area contributed by atoms with E-state index >= 15 is 0 Å². The predicted molar refractivity (Wildman–Crippen MR) is 165 cm³/mol. The lowest BCUT2D eigenvalue weighted by atomic mass is 9.50. The highest BCUT2D eigenvalue weighted by atomic mass is 32.2. The minimum atomic E-state index is -5.45. The standard InChI is InChI=1S/C35H51F5O3S/c1-32-16-14-25-24-13-12-23(41)21-27(24)31(43-2)26(30(25)28(32)22-29(42)33(32)17-18-33)11-8-6-4-3-5-7-9-19-44-20-10-15-34(36,37)35(38,39)40/h12-13,21,25-26,28-31,41-42H,3-11,14-20,22H2,1-2H3/t25?,26?,28?,29-,30?,31+,32+/m1/s1. The van der Waals surface area contributed by atoms with Crippen molar-refractivity contribution in [1.29, 1.82) is 0 Å². The van der Waals surface area contributed by atoms with Gasteiger partial charge in [0, 0.05) is 18.9 Å². The van der Waals surface area contributed by atoms with Crippen LogP contribution in [0.25, 0.3) is 0 Å². The molecule has 1 spiro atoms. The first kappa shape index (κ1) is 34.3. The average molecular weight is 647 g/mol. The highest BCUT2D eigenvalue weighted by Gasteiger charge is 2.71. The fourth-order valence-corrected chi connectivity index (χ4v) is 10.7. The van der Waals surface area contributed by atoms with Crippen LogP contribution in [-0.4, -0.2) is 47.0 Å². The van der Waals surface area contributed by atoms with Crippen LogP contribution in [0.3, 0.4) is 0 Å². The summed E-state index contributed by atoms with van der Waals surface area (Å²) in [5.41, 5.74) is 2.78. The van der Waals surface area contributed by atoms with E-state index in [1.807, 2.05) is 12.1 Å². The Morgan fingerprint density at radius 1 is 0.909 bits per heavy atom. The number of methoxy groups -OCH3 is 1. The summed E-state index contributed by atoms with van der Waals surface area (Å²) in [6.07, 6.45) is 7.30. The molecule has 3 saturated carbocycles. The molecule has 2 N–H and O–H groups in total. The van der Waals surface area contributed by atoms with Crippen molar-refractivity contribution in [1.82, 2.24) is 0 Å². The molecule has 44 heavy (non-hydrogen) atoms. The molecule has 0 saturated heterocycles. The highest BCUT2D eigenvalue weighted by Crippen LogP contribution is 2.77. The quantitative estimate of drug-likeness (QED) is 0.147. The number of unbranched alkanes of at least 4 members (excludes halogenated alkanes) is 6. The zero-order valence-corrected chi connectivity index (χ0v) is 27.1. The van der Waals surface area contributed by atoms with Gasteiger partial charge in [0.2, 0.25) is 0 Å². The van der Waals surface area contributed by atoms with Gasteiger partial charge in [-0.1, -0.05) is 51.5 Å². The molecule has 3 fully saturated rings. The van der Waals surface area contributed by atoms with Gasteiger partial charge in [0.05, 0.1) is 12.2 Å². The number of thioether (sulfide) groups is 1. The third-order valence-corrected chi connectivity index (χ3v) is 13.4. The van der Waals surface area contributed by atoms with E-state index in [-0.39, 0.29) is 29.5 Å². The third-order valence-electron chi connectivity index (χ3n) is 12.2. The number of halogens is 5. The zero-order valence-electron chi connectivity index (χ0n) is 26.3. The Labute approximate surface area is 264 Å². The van der Waals surface area contributed by atoms with Crippen LogP contribution in [0.2, 0.25) is 0 Å². The molecule has 3 nitrogen and oxygen atoms in total. The first-order valence-electron chi connectivity index (χ1n) is 16.9. The molecule has 7 atom stereocenters. The number of phenolic OH excluding ortho intramolecular Hbond substituents is 1. The second-order valence-corrected chi connectivity index (χ2v) is 15.7. The van der Waals surface area contributed by atoms with Gasteiger partial charge < -0.3 is 14.9 Å². The van der Waals surface area contributed by atoms with E-state index in [2.05, 4.69) is 13.0 Å². The minimum absolute atomic E-state index is 0.0502. The molecule has 0 amide bonds. The SMILES string of the molecule is CO[C@@H]1c2cc(O)ccc2C2CC[C@@]3(C)C(C[C@@H](O)C34CC4)C2C1CCCCCCCCCSCCCC(F)(F)C(F)(F)F. The van der Waals surface area contributed by atoms with Crippen LogP contribution in [-0.2, 0) is 4.74 Å². The summed E-state index contributed by atoms with van der Waals surface area (Å²) in [5, 5.41) is 21.6. The van der Waals surface area contributed by atoms with Gasteiger partial charge in [0.25, 0.3) is 0 Å². The van der Waals surface area contributed by atoms with Crippen molar-refractivity contribution < 1.29 is 36.9 Å². The molecule has 0 heterocycles. The molecule has 0 aliphatic heterocycles. The number of aliphatic hydroxyl groups excluding tert-OH is 1. The monoisotopic (exact) mass is 646 g/mol. The van der Waals surface area contributed by atoms with Crippen molar-refractivity contribution in [3.63, 3.8) is 0 Å². The first-order valence-corrected chi connectivity index (χ1v) is 18.1. The Morgan fingerprint density at radius 2 is 1.57 bits per heavy atom. The summed E-state index contributed by atoms with van der Waals surface area (Å²) in [4.78, 5) is 0. The van der Waals surface area contributed by atoms with Crippen molar-refractivity contribution >= 4 is 11.8 Å². The number of aliphatic hydroxyl groups is 1. The van der Waals surface area contributed by atoms with Crippen molar-refractivity contribution in [3.8, 4) is 5.75 Å². The van der Waals surface area contributed by atoms with Gasteiger partial charge in [-0.25, -0.2) is 0 Å². The van der Waals surface area contributed by atoms with Crippen LogP contribution in [0, 0.1) is 28.6 Å². The molecule has 4 unspecified atom stereocenters. The summed E-state index contributed by atoms with van der Waals surface area (Å²) in [7, 11) is 1.80. The molecule has 250 valence electrons. The average Bonchev–Trinajstić information content (AvgIpc) is 3.75. The minimum Gasteiger partial charge on any atom is -0.508 e. The molecule has 4 aliphatic carbocycles. The van der Waals surface area contributed by atoms with E-state index in [4.69, 9.17) is 4.74 Å². The number of phenols is 1. The molecular weight excluding hydrogens is 595 g/mol. The zero-order chi connectivity index (χ0) is 31.8. The first-order chi connectivity index (χ1) is 20.9. The number of benzene rings is 1. The lowest BCUT2D eigenvalue weighted by Crippen LogP contribution is -2.48. The maximum Gasteiger partial charge on any atom is 0.453 e. The third kappa shape index (κ3) is 6.54. The van der Waals surface area contributed by atoms with E-state index in [9.17, 15) is 32.2 Å². The predicted octanol–water partition coefficient (Wildman–Crippen LogP) is 10.2. The Hall–Kier alpha value is -1.06. The van der Waals surface area contributed by atoms with Crippen molar-refractivity contribution in [2.75, 3.05) is 18.6 Å². The van der Waals surface area contributed by atoms with Crippen LogP contribution in [0.15, 0.2) is 18.2 Å². The van der Waals surface area contributed by atoms with Gasteiger partial charge in [-0.05, 0) is 115 Å². The molecule has 5 rings (SSSR count). The van der Waals surface area contributed by atoms with Crippen molar-refractivity contribution in [2.24, 2.45) is 28.6 Å². The molecule has 0 bridgehead atoms. The number of rotatable bonds is 15. The van der Waals surface area contributed by atoms with Gasteiger partial charge in [0.15, 0.2) is 0 Å². The van der Waals surface area contributed by atoms with Crippen LogP contribution < -0.4 is 0 Å². The van der Waals surface area contributed by atoms with Gasteiger partial charge in [-0.15, -0.1) is 0 Å². The largest absolute Gasteiger partial charge is 0.508 e. The summed E-state index contributed by atoms with van der Waals surface area (Å²) in [6, 6.07) is 5.86. The Bertz CT molecular complexity index is 1110. The topological polar surface area (TPSA) is 49.7 Å². The van der Waals surface area contributed by atoms with Crippen LogP contribution in [0.1, 0.15) is 126 Å². The lowest BCUT2D eigenvalue weighted by molar-refractivity contribution is -0.284. The molecular formula is C35H51F5O3S. The molecule has 4 aliphatic rings. The van der Waals surface area contributed by atoms with E-state index < -0.39 is 18.5 Å². The molecule has 1 aromatic carbocycles. The number of hydrogen-bond donors (Lipinski definition) is 2. The lowest BCUT2D eigenvalue weighted by Gasteiger charge is -2.55. The van der Waals surface area contributed by atoms with Crippen LogP contribution in [0.4, 0.5) is 22.0 Å². The van der Waals surface area contributed by atoms with Crippen molar-refractivity contribution in [2.45, 2.75) is 133 Å². The van der Waals surface area contributed by atoms with Gasteiger partial charge >= 0.3 is 12.1 Å². The summed E-state index contributed by atoms with van der Waals surface area (Å²) >= 11 is 1.47. The second-order valence-electron chi connectivity index (χ2n) is 14.5. The van der Waals surface area contributed by atoms with E-state index in [0.29, 0.717) is 35.2 Å². The number of aromatic hydroxyl groups is 1. The van der Waals surface area contributed by atoms with Gasteiger partial charge in [0.1, 0.15) is 5.75 Å². The van der Waals surface area contributed by atoms with E-state index in [1.54, 1.807) is 7.11 Å². The van der Waals surface area contributed by atoms with E-state index in [1.165, 1.54) is 17.3 Å².